The Morgan fingerprint density at radius 2 is 2.06 bits per heavy atom. The SMILES string of the molecule is CC(=O)C[C@@H](C)c1ccc(O[C@@H]2CCN(c3nc(N(CCO)C4CC4)ncc3F)C2)cc1. The molecule has 2 atom stereocenters. The van der Waals surface area contributed by atoms with E-state index < -0.39 is 5.82 Å². The van der Waals surface area contributed by atoms with Crippen molar-refractivity contribution in [3.63, 3.8) is 0 Å². The summed E-state index contributed by atoms with van der Waals surface area (Å²) in [5.74, 6) is 1.44. The number of ether oxygens (including phenoxy) is 1. The van der Waals surface area contributed by atoms with Gasteiger partial charge in [-0.3, -0.25) is 0 Å². The number of aliphatic hydroxyl groups is 1. The number of carbonyl (C=O) groups excluding carboxylic acids is 1. The number of halogens is 1. The summed E-state index contributed by atoms with van der Waals surface area (Å²) in [6.45, 7) is 5.30. The average Bonchev–Trinajstić information content (AvgIpc) is 3.51. The molecule has 2 aliphatic rings. The van der Waals surface area contributed by atoms with Gasteiger partial charge in [0, 0.05) is 32.0 Å². The summed E-state index contributed by atoms with van der Waals surface area (Å²) >= 11 is 0. The van der Waals surface area contributed by atoms with Crippen LogP contribution in [0.2, 0.25) is 0 Å². The first kappa shape index (κ1) is 22.5. The van der Waals surface area contributed by atoms with E-state index in [2.05, 4.69) is 9.97 Å². The van der Waals surface area contributed by atoms with E-state index in [4.69, 9.17) is 4.74 Å². The van der Waals surface area contributed by atoms with E-state index in [-0.39, 0.29) is 30.2 Å². The van der Waals surface area contributed by atoms with Crippen molar-refractivity contribution in [3.05, 3.63) is 41.8 Å². The Hall–Kier alpha value is -2.74. The number of hydrogen-bond donors (Lipinski definition) is 1. The molecule has 1 aromatic carbocycles. The molecule has 8 heteroatoms. The summed E-state index contributed by atoms with van der Waals surface area (Å²) in [6, 6.07) is 8.19. The molecule has 1 saturated heterocycles. The topological polar surface area (TPSA) is 78.8 Å². The van der Waals surface area contributed by atoms with Crippen LogP contribution in [0.3, 0.4) is 0 Å². The first-order valence-corrected chi connectivity index (χ1v) is 11.4. The molecule has 172 valence electrons. The molecule has 0 bridgehead atoms. The van der Waals surface area contributed by atoms with Crippen molar-refractivity contribution in [1.82, 2.24) is 9.97 Å². The Morgan fingerprint density at radius 3 is 2.72 bits per heavy atom. The van der Waals surface area contributed by atoms with Crippen LogP contribution in [-0.4, -0.2) is 59.2 Å². The predicted molar refractivity (Wildman–Crippen MR) is 121 cm³/mol. The first-order valence-electron chi connectivity index (χ1n) is 11.4. The van der Waals surface area contributed by atoms with Gasteiger partial charge >= 0.3 is 0 Å². The molecule has 0 radical (unpaired) electrons. The Bertz CT molecular complexity index is 935. The van der Waals surface area contributed by atoms with Crippen molar-refractivity contribution in [1.29, 1.82) is 0 Å². The number of ketones is 1. The molecule has 0 unspecified atom stereocenters. The lowest BCUT2D eigenvalue weighted by atomic mass is 9.96. The van der Waals surface area contributed by atoms with Gasteiger partial charge in [-0.15, -0.1) is 0 Å². The number of nitrogens with zero attached hydrogens (tertiary/aromatic N) is 4. The highest BCUT2D eigenvalue weighted by molar-refractivity contribution is 5.76. The van der Waals surface area contributed by atoms with E-state index in [0.29, 0.717) is 38.0 Å². The molecule has 7 nitrogen and oxygen atoms in total. The smallest absolute Gasteiger partial charge is 0.227 e. The molecule has 0 spiro atoms. The Balaban J connectivity index is 1.39. The van der Waals surface area contributed by atoms with Crippen molar-refractivity contribution in [2.24, 2.45) is 0 Å². The zero-order valence-corrected chi connectivity index (χ0v) is 18.7. The zero-order chi connectivity index (χ0) is 22.7. The summed E-state index contributed by atoms with van der Waals surface area (Å²) in [5, 5.41) is 9.36. The van der Waals surface area contributed by atoms with Gasteiger partial charge in [-0.25, -0.2) is 9.37 Å². The van der Waals surface area contributed by atoms with Crippen LogP contribution in [0.15, 0.2) is 30.5 Å². The summed E-state index contributed by atoms with van der Waals surface area (Å²) in [6.07, 6.45) is 4.54. The van der Waals surface area contributed by atoms with Crippen molar-refractivity contribution in [2.45, 2.75) is 57.6 Å². The van der Waals surface area contributed by atoms with Crippen LogP contribution in [0.1, 0.15) is 51.0 Å². The third-order valence-electron chi connectivity index (χ3n) is 6.09. The largest absolute Gasteiger partial charge is 0.489 e. The van der Waals surface area contributed by atoms with Gasteiger partial charge in [0.1, 0.15) is 17.6 Å². The van der Waals surface area contributed by atoms with Crippen LogP contribution in [0.5, 0.6) is 5.75 Å². The molecule has 32 heavy (non-hydrogen) atoms. The second-order valence-electron chi connectivity index (χ2n) is 8.84. The minimum Gasteiger partial charge on any atom is -0.489 e. The van der Waals surface area contributed by atoms with E-state index in [1.54, 1.807) is 6.92 Å². The second-order valence-corrected chi connectivity index (χ2v) is 8.84. The van der Waals surface area contributed by atoms with Gasteiger partial charge in [-0.1, -0.05) is 19.1 Å². The highest BCUT2D eigenvalue weighted by atomic mass is 19.1. The normalized spacial score (nSPS) is 19.1. The molecule has 4 rings (SSSR count). The third kappa shape index (κ3) is 5.35. The monoisotopic (exact) mass is 442 g/mol. The summed E-state index contributed by atoms with van der Waals surface area (Å²) in [7, 11) is 0. The quantitative estimate of drug-likeness (QED) is 0.605. The summed E-state index contributed by atoms with van der Waals surface area (Å²) in [4.78, 5) is 23.9. The molecule has 1 N–H and O–H groups in total. The van der Waals surface area contributed by atoms with E-state index in [0.717, 1.165) is 30.6 Å². The highest BCUT2D eigenvalue weighted by Gasteiger charge is 2.32. The predicted octanol–water partition coefficient (Wildman–Crippen LogP) is 3.32. The number of Topliss-reactive ketones (excluding diaryl/α,β-unsaturated/α-hetero) is 1. The molecule has 1 saturated carbocycles. The second kappa shape index (κ2) is 9.81. The van der Waals surface area contributed by atoms with E-state index in [9.17, 15) is 14.3 Å². The van der Waals surface area contributed by atoms with Gasteiger partial charge in [0.2, 0.25) is 5.95 Å². The van der Waals surface area contributed by atoms with E-state index in [1.807, 2.05) is 41.0 Å². The van der Waals surface area contributed by atoms with Crippen LogP contribution < -0.4 is 14.5 Å². The maximum atomic E-state index is 14.6. The molecule has 2 heterocycles. The molecule has 2 aromatic rings. The van der Waals surface area contributed by atoms with Gasteiger partial charge in [0.05, 0.1) is 19.3 Å². The molecule has 1 aromatic heterocycles. The van der Waals surface area contributed by atoms with Gasteiger partial charge in [-0.2, -0.15) is 4.98 Å². The van der Waals surface area contributed by atoms with Crippen molar-refractivity contribution in [3.8, 4) is 5.75 Å². The van der Waals surface area contributed by atoms with Crippen molar-refractivity contribution >= 4 is 17.5 Å². The molecule has 0 amide bonds. The van der Waals surface area contributed by atoms with Gasteiger partial charge in [-0.05, 0) is 43.4 Å². The van der Waals surface area contributed by atoms with E-state index >= 15 is 0 Å². The Kier molecular flexibility index (Phi) is 6.89. The molecule has 1 aliphatic heterocycles. The fourth-order valence-electron chi connectivity index (χ4n) is 4.28. The third-order valence-corrected chi connectivity index (χ3v) is 6.09. The fourth-order valence-corrected chi connectivity index (χ4v) is 4.28. The standard InChI is InChI=1S/C24H31FN4O3/c1-16(13-17(2)31)18-3-7-20(8-4-18)32-21-9-10-28(15-21)23-22(25)14-26-24(27-23)29(11-12-30)19-5-6-19/h3-4,7-8,14,16,19,21,30H,5-6,9-13,15H2,1-2H3/t16-,21-/m1/s1. The zero-order valence-electron chi connectivity index (χ0n) is 18.7. The van der Waals surface area contributed by atoms with Crippen LogP contribution in [-0.2, 0) is 4.79 Å². The van der Waals surface area contributed by atoms with Gasteiger partial charge < -0.3 is 24.4 Å². The van der Waals surface area contributed by atoms with Crippen LogP contribution in [0.4, 0.5) is 16.2 Å². The van der Waals surface area contributed by atoms with Crippen LogP contribution >= 0.6 is 0 Å². The van der Waals surface area contributed by atoms with Crippen LogP contribution in [0.25, 0.3) is 0 Å². The summed E-state index contributed by atoms with van der Waals surface area (Å²) in [5.41, 5.74) is 1.11. The number of hydrogen-bond acceptors (Lipinski definition) is 7. The lowest BCUT2D eigenvalue weighted by Gasteiger charge is -2.24. The van der Waals surface area contributed by atoms with Crippen LogP contribution in [0, 0.1) is 5.82 Å². The lowest BCUT2D eigenvalue weighted by Crippen LogP contribution is -2.32. The molecular formula is C24H31FN4O3. The lowest BCUT2D eigenvalue weighted by molar-refractivity contribution is -0.117. The minimum absolute atomic E-state index is 0.0124. The minimum atomic E-state index is -0.446. The van der Waals surface area contributed by atoms with Crippen molar-refractivity contribution < 1.29 is 19.0 Å². The number of aliphatic hydroxyl groups excluding tert-OH is 1. The number of anilines is 2. The Morgan fingerprint density at radius 1 is 1.31 bits per heavy atom. The fraction of sp³-hybridized carbons (Fsp3) is 0.542. The van der Waals surface area contributed by atoms with Gasteiger partial charge in [0.15, 0.2) is 11.6 Å². The molecule has 2 fully saturated rings. The first-order chi connectivity index (χ1) is 15.4. The maximum Gasteiger partial charge on any atom is 0.227 e. The summed E-state index contributed by atoms with van der Waals surface area (Å²) < 4.78 is 20.7. The van der Waals surface area contributed by atoms with Gasteiger partial charge in [0.25, 0.3) is 0 Å². The van der Waals surface area contributed by atoms with Crippen molar-refractivity contribution in [2.75, 3.05) is 36.0 Å². The van der Waals surface area contributed by atoms with E-state index in [1.165, 1.54) is 6.20 Å². The number of aromatic nitrogens is 2. The average molecular weight is 443 g/mol. The Labute approximate surface area is 188 Å². The molecule has 1 aliphatic carbocycles. The molecular weight excluding hydrogens is 411 g/mol. The number of rotatable bonds is 10. The number of carbonyl (C=O) groups is 1. The number of benzene rings is 1. The highest BCUT2D eigenvalue weighted by Crippen LogP contribution is 2.32. The maximum absolute atomic E-state index is 14.6.